The van der Waals surface area contributed by atoms with Gasteiger partial charge in [0.1, 0.15) is 5.75 Å². The van der Waals surface area contributed by atoms with Crippen LogP contribution in [0.3, 0.4) is 0 Å². The lowest BCUT2D eigenvalue weighted by atomic mass is 10.0. The molecule has 0 N–H and O–H groups in total. The van der Waals surface area contributed by atoms with Crippen LogP contribution in [0.2, 0.25) is 0 Å². The van der Waals surface area contributed by atoms with E-state index in [1.165, 1.54) is 0 Å². The predicted octanol–water partition coefficient (Wildman–Crippen LogP) is 5.52. The van der Waals surface area contributed by atoms with Crippen LogP contribution in [-0.4, -0.2) is 68.7 Å². The zero-order chi connectivity index (χ0) is 27.8. The van der Waals surface area contributed by atoms with E-state index in [2.05, 4.69) is 13.8 Å². The molecular formula is C31H43N3O5. The van der Waals surface area contributed by atoms with Gasteiger partial charge in [0.2, 0.25) is 5.91 Å². The number of amides is 3. The summed E-state index contributed by atoms with van der Waals surface area (Å²) in [5.74, 6) is 2.46. The molecule has 0 unspecified atom stereocenters. The highest BCUT2D eigenvalue weighted by molar-refractivity contribution is 5.93. The molecule has 0 spiro atoms. The van der Waals surface area contributed by atoms with E-state index < -0.39 is 0 Å². The average Bonchev–Trinajstić information content (AvgIpc) is 3.49. The van der Waals surface area contributed by atoms with Crippen molar-refractivity contribution in [3.05, 3.63) is 47.5 Å². The van der Waals surface area contributed by atoms with Crippen LogP contribution in [0.25, 0.3) is 0 Å². The van der Waals surface area contributed by atoms with Gasteiger partial charge in [-0.15, -0.1) is 0 Å². The summed E-state index contributed by atoms with van der Waals surface area (Å²) < 4.78 is 17.2. The lowest BCUT2D eigenvalue weighted by molar-refractivity contribution is -0.129. The van der Waals surface area contributed by atoms with Crippen molar-refractivity contribution in [2.24, 2.45) is 5.92 Å². The average molecular weight is 538 g/mol. The van der Waals surface area contributed by atoms with Gasteiger partial charge in [0.25, 0.3) is 0 Å². The summed E-state index contributed by atoms with van der Waals surface area (Å²) >= 11 is 0. The molecular weight excluding hydrogens is 494 g/mol. The summed E-state index contributed by atoms with van der Waals surface area (Å²) in [6.07, 6.45) is 5.74. The number of rotatable bonds is 12. The third kappa shape index (κ3) is 7.16. The van der Waals surface area contributed by atoms with Crippen LogP contribution < -0.4 is 19.1 Å². The summed E-state index contributed by atoms with van der Waals surface area (Å²) in [5, 5.41) is 0. The molecule has 2 aromatic carbocycles. The Labute approximate surface area is 232 Å². The minimum Gasteiger partial charge on any atom is -0.496 e. The Bertz CT molecular complexity index is 1130. The van der Waals surface area contributed by atoms with Gasteiger partial charge in [-0.3, -0.25) is 9.69 Å². The molecule has 39 heavy (non-hydrogen) atoms. The molecule has 0 bridgehead atoms. The number of methoxy groups -OCH3 is 2. The molecule has 0 radical (unpaired) electrons. The standard InChI is InChI=1S/C31H43N3O5/c1-5-6-9-16-39-29-19-26(12-13-27(29)37-3)34-21-23(2)20-33(31(34)36)22-25-11-10-24(17-28(25)38-4)18-30(35)32-14-7-8-15-32/h10-13,17,19,23H,5-9,14-16,18,20-22H2,1-4H3/t23-/m0/s1. The number of carbonyl (C=O) groups excluding carboxylic acids is 2. The summed E-state index contributed by atoms with van der Waals surface area (Å²) in [7, 11) is 3.27. The number of urea groups is 1. The fraction of sp³-hybridized carbons (Fsp3) is 0.548. The number of carbonyl (C=O) groups is 2. The van der Waals surface area contributed by atoms with Crippen LogP contribution in [0.4, 0.5) is 10.5 Å². The van der Waals surface area contributed by atoms with E-state index in [1.807, 2.05) is 51.1 Å². The minimum absolute atomic E-state index is 0.0504. The van der Waals surface area contributed by atoms with Crippen molar-refractivity contribution >= 4 is 17.6 Å². The summed E-state index contributed by atoms with van der Waals surface area (Å²) in [6.45, 7) is 8.35. The van der Waals surface area contributed by atoms with Gasteiger partial charge in [0, 0.05) is 43.5 Å². The molecule has 2 aliphatic heterocycles. The molecule has 2 aliphatic rings. The Morgan fingerprint density at radius 2 is 1.72 bits per heavy atom. The van der Waals surface area contributed by atoms with E-state index in [4.69, 9.17) is 14.2 Å². The Morgan fingerprint density at radius 1 is 0.949 bits per heavy atom. The predicted molar refractivity (Wildman–Crippen MR) is 153 cm³/mol. The molecule has 212 valence electrons. The van der Waals surface area contributed by atoms with E-state index in [0.29, 0.717) is 49.9 Å². The summed E-state index contributed by atoms with van der Waals surface area (Å²) in [6, 6.07) is 11.5. The first-order chi connectivity index (χ1) is 18.9. The third-order valence-corrected chi connectivity index (χ3v) is 7.52. The molecule has 0 saturated carbocycles. The van der Waals surface area contributed by atoms with Gasteiger partial charge in [-0.05, 0) is 48.9 Å². The van der Waals surface area contributed by atoms with Crippen LogP contribution in [0.5, 0.6) is 17.2 Å². The van der Waals surface area contributed by atoms with Gasteiger partial charge < -0.3 is 24.0 Å². The van der Waals surface area contributed by atoms with Crippen molar-refractivity contribution in [1.82, 2.24) is 9.80 Å². The van der Waals surface area contributed by atoms with Gasteiger partial charge in [0.15, 0.2) is 11.5 Å². The number of anilines is 1. The molecule has 3 amide bonds. The normalized spacial score (nSPS) is 17.5. The highest BCUT2D eigenvalue weighted by Gasteiger charge is 2.32. The first kappa shape index (κ1) is 28.6. The lowest BCUT2D eigenvalue weighted by Crippen LogP contribution is -2.52. The second kappa shape index (κ2) is 13.6. The van der Waals surface area contributed by atoms with Crippen LogP contribution in [0.1, 0.15) is 57.1 Å². The molecule has 1 atom stereocenters. The topological polar surface area (TPSA) is 71.5 Å². The van der Waals surface area contributed by atoms with Gasteiger partial charge in [-0.2, -0.15) is 0 Å². The largest absolute Gasteiger partial charge is 0.496 e. The highest BCUT2D eigenvalue weighted by Crippen LogP contribution is 2.34. The molecule has 0 aromatic heterocycles. The van der Waals surface area contributed by atoms with E-state index in [9.17, 15) is 9.59 Å². The van der Waals surface area contributed by atoms with Gasteiger partial charge in [0.05, 0.1) is 33.8 Å². The maximum Gasteiger partial charge on any atom is 0.324 e. The number of likely N-dealkylation sites (tertiary alicyclic amines) is 1. The fourth-order valence-corrected chi connectivity index (χ4v) is 5.39. The monoisotopic (exact) mass is 537 g/mol. The SMILES string of the molecule is CCCCCOc1cc(N2C[C@@H](C)CN(Cc3ccc(CC(=O)N4CCCC4)cc3OC)C2=O)ccc1OC. The molecule has 8 heteroatoms. The van der Waals surface area contributed by atoms with Crippen molar-refractivity contribution in [3.8, 4) is 17.2 Å². The quantitative estimate of drug-likeness (QED) is 0.334. The molecule has 2 fully saturated rings. The second-order valence-corrected chi connectivity index (χ2v) is 10.7. The van der Waals surface area contributed by atoms with Gasteiger partial charge in [-0.25, -0.2) is 4.79 Å². The smallest absolute Gasteiger partial charge is 0.324 e. The first-order valence-electron chi connectivity index (χ1n) is 14.2. The van der Waals surface area contributed by atoms with E-state index in [-0.39, 0.29) is 17.9 Å². The lowest BCUT2D eigenvalue weighted by Gasteiger charge is -2.39. The number of benzene rings is 2. The molecule has 4 rings (SSSR count). The van der Waals surface area contributed by atoms with E-state index in [1.54, 1.807) is 14.2 Å². The number of ether oxygens (including phenoxy) is 3. The van der Waals surface area contributed by atoms with Crippen molar-refractivity contribution in [1.29, 1.82) is 0 Å². The second-order valence-electron chi connectivity index (χ2n) is 10.7. The van der Waals surface area contributed by atoms with E-state index in [0.717, 1.165) is 62.0 Å². The third-order valence-electron chi connectivity index (χ3n) is 7.52. The molecule has 8 nitrogen and oxygen atoms in total. The molecule has 2 heterocycles. The van der Waals surface area contributed by atoms with Crippen LogP contribution in [0, 0.1) is 5.92 Å². The van der Waals surface area contributed by atoms with Gasteiger partial charge in [-0.1, -0.05) is 38.8 Å². The number of unbranched alkanes of at least 4 members (excludes halogenated alkanes) is 2. The Kier molecular flexibility index (Phi) is 9.96. The zero-order valence-corrected chi connectivity index (χ0v) is 23.9. The Morgan fingerprint density at radius 3 is 2.44 bits per heavy atom. The summed E-state index contributed by atoms with van der Waals surface area (Å²) in [5.41, 5.74) is 2.65. The van der Waals surface area contributed by atoms with Crippen LogP contribution in [0.15, 0.2) is 36.4 Å². The number of hydrogen-bond acceptors (Lipinski definition) is 5. The van der Waals surface area contributed by atoms with Gasteiger partial charge >= 0.3 is 6.03 Å². The maximum absolute atomic E-state index is 13.7. The van der Waals surface area contributed by atoms with Crippen LogP contribution >= 0.6 is 0 Å². The fourth-order valence-electron chi connectivity index (χ4n) is 5.39. The number of nitrogens with zero attached hydrogens (tertiary/aromatic N) is 3. The van der Waals surface area contributed by atoms with Crippen molar-refractivity contribution in [2.75, 3.05) is 51.9 Å². The Balaban J connectivity index is 1.48. The first-order valence-corrected chi connectivity index (χ1v) is 14.2. The Hall–Kier alpha value is -3.42. The van der Waals surface area contributed by atoms with Crippen molar-refractivity contribution in [2.45, 2.75) is 58.9 Å². The maximum atomic E-state index is 13.7. The summed E-state index contributed by atoms with van der Waals surface area (Å²) in [4.78, 5) is 31.9. The minimum atomic E-state index is -0.0504. The van der Waals surface area contributed by atoms with E-state index >= 15 is 0 Å². The highest BCUT2D eigenvalue weighted by atomic mass is 16.5. The molecule has 0 aliphatic carbocycles. The number of hydrogen-bond donors (Lipinski definition) is 0. The van der Waals surface area contributed by atoms with Crippen LogP contribution in [-0.2, 0) is 17.8 Å². The zero-order valence-electron chi connectivity index (χ0n) is 23.9. The molecule has 2 saturated heterocycles. The van der Waals surface area contributed by atoms with Crippen molar-refractivity contribution in [3.63, 3.8) is 0 Å². The van der Waals surface area contributed by atoms with Crippen molar-refractivity contribution < 1.29 is 23.8 Å². The molecule has 2 aromatic rings.